The van der Waals surface area contributed by atoms with Crippen LogP contribution in [0.5, 0.6) is 0 Å². The molecule has 0 atom stereocenters. The van der Waals surface area contributed by atoms with Gasteiger partial charge in [0.15, 0.2) is 0 Å². The number of imidazole rings is 1. The quantitative estimate of drug-likeness (QED) is 0.761. The lowest BCUT2D eigenvalue weighted by atomic mass is 10.2. The van der Waals surface area contributed by atoms with Gasteiger partial charge in [0.2, 0.25) is 0 Å². The van der Waals surface area contributed by atoms with Crippen molar-refractivity contribution in [2.45, 2.75) is 26.2 Å². The number of para-hydroxylation sites is 2. The van der Waals surface area contributed by atoms with Gasteiger partial charge in [0.1, 0.15) is 5.82 Å². The minimum atomic E-state index is -0.128. The molecule has 1 aromatic carbocycles. The molecule has 4 nitrogen and oxygen atoms in total. The largest absolute Gasteiger partial charge is 0.466 e. The summed E-state index contributed by atoms with van der Waals surface area (Å²) in [7, 11) is 2.01. The molecular weight excluding hydrogens is 228 g/mol. The van der Waals surface area contributed by atoms with Gasteiger partial charge in [-0.2, -0.15) is 0 Å². The number of hydrogen-bond donors (Lipinski definition) is 0. The molecule has 0 fully saturated rings. The number of fused-ring (bicyclic) bond motifs is 1. The Balaban J connectivity index is 1.99. The zero-order valence-corrected chi connectivity index (χ0v) is 10.8. The number of benzene rings is 1. The lowest BCUT2D eigenvalue weighted by molar-refractivity contribution is -0.143. The van der Waals surface area contributed by atoms with Gasteiger partial charge in [-0.05, 0) is 25.5 Å². The molecule has 0 saturated heterocycles. The molecule has 0 unspecified atom stereocenters. The summed E-state index contributed by atoms with van der Waals surface area (Å²) in [4.78, 5) is 15.8. The van der Waals surface area contributed by atoms with Gasteiger partial charge >= 0.3 is 5.97 Å². The third-order valence-corrected chi connectivity index (χ3v) is 2.97. The Labute approximate surface area is 107 Å². The second kappa shape index (κ2) is 5.67. The maximum atomic E-state index is 11.2. The highest BCUT2D eigenvalue weighted by Gasteiger charge is 2.08. The summed E-state index contributed by atoms with van der Waals surface area (Å²) in [5, 5.41) is 0. The van der Waals surface area contributed by atoms with E-state index in [1.54, 1.807) is 0 Å². The third kappa shape index (κ3) is 2.70. The van der Waals surface area contributed by atoms with Gasteiger partial charge < -0.3 is 9.30 Å². The Kier molecular flexibility index (Phi) is 3.97. The van der Waals surface area contributed by atoms with Crippen LogP contribution in [0.25, 0.3) is 11.0 Å². The van der Waals surface area contributed by atoms with Gasteiger partial charge in [0.05, 0.1) is 17.6 Å². The second-order valence-electron chi connectivity index (χ2n) is 4.23. The molecule has 0 amide bonds. The van der Waals surface area contributed by atoms with Crippen molar-refractivity contribution < 1.29 is 9.53 Å². The molecule has 0 aliphatic carbocycles. The van der Waals surface area contributed by atoms with Crippen molar-refractivity contribution in [1.29, 1.82) is 0 Å². The molecule has 0 aliphatic heterocycles. The molecular formula is C14H18N2O2. The minimum absolute atomic E-state index is 0.128. The summed E-state index contributed by atoms with van der Waals surface area (Å²) in [5.74, 6) is 0.886. The standard InChI is InChI=1S/C14H18N2O2/c1-3-18-14(17)10-6-9-13-15-11-7-4-5-8-12(11)16(13)2/h4-5,7-8H,3,6,9-10H2,1-2H3. The monoisotopic (exact) mass is 246 g/mol. The average molecular weight is 246 g/mol. The van der Waals surface area contributed by atoms with Gasteiger partial charge in [0, 0.05) is 19.9 Å². The lowest BCUT2D eigenvalue weighted by Crippen LogP contribution is -2.05. The van der Waals surface area contributed by atoms with Gasteiger partial charge in [0.25, 0.3) is 0 Å². The fourth-order valence-corrected chi connectivity index (χ4v) is 2.04. The van der Waals surface area contributed by atoms with E-state index in [0.717, 1.165) is 29.7 Å². The number of carbonyl (C=O) groups is 1. The van der Waals surface area contributed by atoms with E-state index < -0.39 is 0 Å². The first-order chi connectivity index (χ1) is 8.72. The molecule has 0 bridgehead atoms. The molecule has 0 N–H and O–H groups in total. The second-order valence-corrected chi connectivity index (χ2v) is 4.23. The van der Waals surface area contributed by atoms with Crippen LogP contribution in [0.3, 0.4) is 0 Å². The van der Waals surface area contributed by atoms with Gasteiger partial charge in [-0.1, -0.05) is 12.1 Å². The number of ether oxygens (including phenoxy) is 1. The molecule has 0 saturated carbocycles. The summed E-state index contributed by atoms with van der Waals surface area (Å²) >= 11 is 0. The molecule has 0 aliphatic rings. The molecule has 96 valence electrons. The van der Waals surface area contributed by atoms with E-state index >= 15 is 0 Å². The number of hydrogen-bond acceptors (Lipinski definition) is 3. The average Bonchev–Trinajstić information content (AvgIpc) is 2.68. The molecule has 0 radical (unpaired) electrons. The summed E-state index contributed by atoms with van der Waals surface area (Å²) < 4.78 is 6.99. The highest BCUT2D eigenvalue weighted by atomic mass is 16.5. The number of nitrogens with zero attached hydrogens (tertiary/aromatic N) is 2. The summed E-state index contributed by atoms with van der Waals surface area (Å²) in [6, 6.07) is 8.05. The van der Waals surface area contributed by atoms with E-state index in [2.05, 4.69) is 15.6 Å². The number of esters is 1. The fraction of sp³-hybridized carbons (Fsp3) is 0.429. The van der Waals surface area contributed by atoms with Crippen LogP contribution >= 0.6 is 0 Å². The van der Waals surface area contributed by atoms with Crippen LogP contribution < -0.4 is 0 Å². The van der Waals surface area contributed by atoms with Gasteiger partial charge in [-0.25, -0.2) is 4.98 Å². The van der Waals surface area contributed by atoms with Crippen LogP contribution in [-0.4, -0.2) is 22.1 Å². The zero-order valence-electron chi connectivity index (χ0n) is 10.8. The predicted octanol–water partition coefficient (Wildman–Crippen LogP) is 2.46. The number of aryl methyl sites for hydroxylation is 2. The van der Waals surface area contributed by atoms with Crippen molar-refractivity contribution in [3.63, 3.8) is 0 Å². The SMILES string of the molecule is CCOC(=O)CCCc1nc2ccccc2n1C. The van der Waals surface area contributed by atoms with E-state index in [1.165, 1.54) is 0 Å². The predicted molar refractivity (Wildman–Crippen MR) is 70.3 cm³/mol. The summed E-state index contributed by atoms with van der Waals surface area (Å²) in [5.41, 5.74) is 2.13. The molecule has 4 heteroatoms. The van der Waals surface area contributed by atoms with E-state index in [0.29, 0.717) is 13.0 Å². The summed E-state index contributed by atoms with van der Waals surface area (Å²) in [6.45, 7) is 2.27. The van der Waals surface area contributed by atoms with Crippen molar-refractivity contribution in [2.75, 3.05) is 6.61 Å². The van der Waals surface area contributed by atoms with Crippen LogP contribution in [0.15, 0.2) is 24.3 Å². The summed E-state index contributed by atoms with van der Waals surface area (Å²) in [6.07, 6.45) is 2.02. The smallest absolute Gasteiger partial charge is 0.305 e. The highest BCUT2D eigenvalue weighted by Crippen LogP contribution is 2.15. The van der Waals surface area contributed by atoms with E-state index in [4.69, 9.17) is 4.74 Å². The number of rotatable bonds is 5. The molecule has 2 aromatic rings. The Morgan fingerprint density at radius 3 is 2.89 bits per heavy atom. The first-order valence-electron chi connectivity index (χ1n) is 6.28. The number of aromatic nitrogens is 2. The first kappa shape index (κ1) is 12.6. The Morgan fingerprint density at radius 2 is 2.17 bits per heavy atom. The zero-order chi connectivity index (χ0) is 13.0. The Morgan fingerprint density at radius 1 is 1.39 bits per heavy atom. The minimum Gasteiger partial charge on any atom is -0.466 e. The fourth-order valence-electron chi connectivity index (χ4n) is 2.04. The molecule has 18 heavy (non-hydrogen) atoms. The van der Waals surface area contributed by atoms with Crippen molar-refractivity contribution in [3.05, 3.63) is 30.1 Å². The number of carbonyl (C=O) groups excluding carboxylic acids is 1. The molecule has 2 rings (SSSR count). The normalized spacial score (nSPS) is 10.8. The molecule has 1 aromatic heterocycles. The van der Waals surface area contributed by atoms with Crippen LogP contribution in [0, 0.1) is 0 Å². The Bertz CT molecular complexity index is 546. The maximum absolute atomic E-state index is 11.2. The van der Waals surface area contributed by atoms with Crippen molar-refractivity contribution in [1.82, 2.24) is 9.55 Å². The van der Waals surface area contributed by atoms with Crippen molar-refractivity contribution in [2.24, 2.45) is 7.05 Å². The van der Waals surface area contributed by atoms with Crippen LogP contribution in [-0.2, 0) is 23.0 Å². The third-order valence-electron chi connectivity index (χ3n) is 2.97. The van der Waals surface area contributed by atoms with Gasteiger partial charge in [-0.15, -0.1) is 0 Å². The van der Waals surface area contributed by atoms with Gasteiger partial charge in [-0.3, -0.25) is 4.79 Å². The molecule has 0 spiro atoms. The van der Waals surface area contributed by atoms with Crippen LogP contribution in [0.4, 0.5) is 0 Å². The van der Waals surface area contributed by atoms with E-state index in [-0.39, 0.29) is 5.97 Å². The Hall–Kier alpha value is -1.84. The van der Waals surface area contributed by atoms with E-state index in [9.17, 15) is 4.79 Å². The van der Waals surface area contributed by atoms with E-state index in [1.807, 2.05) is 32.2 Å². The van der Waals surface area contributed by atoms with Crippen LogP contribution in [0.2, 0.25) is 0 Å². The van der Waals surface area contributed by atoms with Crippen molar-refractivity contribution in [3.8, 4) is 0 Å². The lowest BCUT2D eigenvalue weighted by Gasteiger charge is -2.02. The topological polar surface area (TPSA) is 44.1 Å². The first-order valence-corrected chi connectivity index (χ1v) is 6.28. The van der Waals surface area contributed by atoms with Crippen LogP contribution in [0.1, 0.15) is 25.6 Å². The van der Waals surface area contributed by atoms with Crippen molar-refractivity contribution >= 4 is 17.0 Å². The maximum Gasteiger partial charge on any atom is 0.305 e. The molecule has 1 heterocycles. The highest BCUT2D eigenvalue weighted by molar-refractivity contribution is 5.75.